The van der Waals surface area contributed by atoms with Gasteiger partial charge < -0.3 is 28.4 Å². The lowest BCUT2D eigenvalue weighted by atomic mass is 9.84. The van der Waals surface area contributed by atoms with Gasteiger partial charge in [0.15, 0.2) is 11.6 Å². The first kappa shape index (κ1) is 31.2. The third-order valence-electron chi connectivity index (χ3n) is 10.2. The van der Waals surface area contributed by atoms with E-state index in [9.17, 15) is 0 Å². The van der Waals surface area contributed by atoms with Crippen molar-refractivity contribution in [2.24, 2.45) is 0 Å². The van der Waals surface area contributed by atoms with Gasteiger partial charge in [0.05, 0.1) is 0 Å². The van der Waals surface area contributed by atoms with E-state index in [0.29, 0.717) is 0 Å². The van der Waals surface area contributed by atoms with Crippen molar-refractivity contribution in [2.75, 3.05) is 13.2 Å². The first-order valence-corrected chi connectivity index (χ1v) is 17.6. The van der Waals surface area contributed by atoms with Crippen molar-refractivity contribution < 1.29 is 28.4 Å². The molecule has 5 aliphatic rings. The maximum atomic E-state index is 6.94. The quantitative estimate of drug-likeness (QED) is 0.176. The summed E-state index contributed by atoms with van der Waals surface area (Å²) in [7, 11) is 0. The zero-order valence-electron chi connectivity index (χ0n) is 25.9. The van der Waals surface area contributed by atoms with E-state index in [4.69, 9.17) is 28.4 Å². The summed E-state index contributed by atoms with van der Waals surface area (Å²) in [5.41, 5.74) is 0. The minimum atomic E-state index is -0.488. The summed E-state index contributed by atoms with van der Waals surface area (Å²) >= 11 is 0. The van der Waals surface area contributed by atoms with Gasteiger partial charge in [-0.3, -0.25) is 0 Å². The summed E-state index contributed by atoms with van der Waals surface area (Å²) in [5.74, 6) is -0.976. The molecule has 0 N–H and O–H groups in total. The molecular weight excluding hydrogens is 504 g/mol. The van der Waals surface area contributed by atoms with E-state index < -0.39 is 11.6 Å². The van der Waals surface area contributed by atoms with Gasteiger partial charge in [-0.15, -0.1) is 0 Å². The van der Waals surface area contributed by atoms with E-state index in [1.165, 1.54) is 77.0 Å². The Hall–Kier alpha value is -0.240. The van der Waals surface area contributed by atoms with Gasteiger partial charge in [-0.25, -0.2) is 0 Å². The van der Waals surface area contributed by atoms with Gasteiger partial charge in [-0.1, -0.05) is 90.9 Å². The van der Waals surface area contributed by atoms with Crippen LogP contribution in [0, 0.1) is 0 Å². The Morgan fingerprint density at radius 3 is 1.12 bits per heavy atom. The number of hydrogen-bond acceptors (Lipinski definition) is 6. The monoisotopic (exact) mass is 564 g/mol. The number of ether oxygens (including phenoxy) is 6. The Morgan fingerprint density at radius 2 is 0.775 bits per heavy atom. The van der Waals surface area contributed by atoms with Crippen molar-refractivity contribution in [3.63, 3.8) is 0 Å². The van der Waals surface area contributed by atoms with Crippen LogP contribution in [-0.4, -0.2) is 61.4 Å². The Morgan fingerprint density at radius 1 is 0.450 bits per heavy atom. The molecule has 0 bridgehead atoms. The smallest absolute Gasteiger partial charge is 0.169 e. The predicted molar refractivity (Wildman–Crippen MR) is 157 cm³/mol. The lowest BCUT2D eigenvalue weighted by molar-refractivity contribution is -0.228. The third-order valence-corrected chi connectivity index (χ3v) is 10.2. The lowest BCUT2D eigenvalue weighted by Crippen LogP contribution is -2.63. The number of fused-ring (bicyclic) bond motifs is 2. The summed E-state index contributed by atoms with van der Waals surface area (Å²) < 4.78 is 41.3. The number of rotatable bonds is 16. The minimum Gasteiger partial charge on any atom is -0.373 e. The molecule has 5 fully saturated rings. The topological polar surface area (TPSA) is 55.4 Å². The van der Waals surface area contributed by atoms with Crippen molar-refractivity contribution in [3.05, 3.63) is 0 Å². The highest BCUT2D eigenvalue weighted by Gasteiger charge is 2.66. The Bertz CT molecular complexity index is 629. The maximum absolute atomic E-state index is 6.94. The summed E-state index contributed by atoms with van der Waals surface area (Å²) in [5, 5.41) is 0. The predicted octanol–water partition coefficient (Wildman–Crippen LogP) is 8.38. The van der Waals surface area contributed by atoms with E-state index in [1.54, 1.807) is 0 Å². The molecule has 6 atom stereocenters. The molecule has 0 aromatic carbocycles. The number of hydrogen-bond donors (Lipinski definition) is 0. The molecule has 40 heavy (non-hydrogen) atoms. The molecule has 5 rings (SSSR count). The Kier molecular flexibility index (Phi) is 12.1. The van der Waals surface area contributed by atoms with Gasteiger partial charge in [0.1, 0.15) is 36.6 Å². The van der Waals surface area contributed by atoms with Crippen molar-refractivity contribution in [3.8, 4) is 0 Å². The lowest BCUT2D eigenvalue weighted by Gasteiger charge is -2.42. The zero-order chi connectivity index (χ0) is 27.7. The molecule has 0 aromatic rings. The third kappa shape index (κ3) is 7.63. The molecule has 6 nitrogen and oxygen atoms in total. The van der Waals surface area contributed by atoms with Crippen LogP contribution in [0.1, 0.15) is 155 Å². The van der Waals surface area contributed by atoms with Gasteiger partial charge in [0.25, 0.3) is 0 Å². The zero-order valence-corrected chi connectivity index (χ0v) is 25.9. The minimum absolute atomic E-state index is 0.156. The molecule has 3 saturated carbocycles. The summed E-state index contributed by atoms with van der Waals surface area (Å²) in [6, 6.07) is 0. The number of unbranched alkanes of at least 4 members (excludes halogenated alkanes) is 10. The van der Waals surface area contributed by atoms with Crippen molar-refractivity contribution in [2.45, 2.75) is 203 Å². The molecule has 2 heterocycles. The molecule has 0 radical (unpaired) electrons. The first-order valence-electron chi connectivity index (χ1n) is 17.6. The summed E-state index contributed by atoms with van der Waals surface area (Å²) in [6.45, 7) is 6.04. The molecule has 0 unspecified atom stereocenters. The fourth-order valence-corrected chi connectivity index (χ4v) is 7.94. The first-order chi connectivity index (χ1) is 19.7. The molecule has 0 amide bonds. The van der Waals surface area contributed by atoms with Gasteiger partial charge >= 0.3 is 0 Å². The molecular formula is C34H60O6. The second-order valence-electron chi connectivity index (χ2n) is 13.5. The van der Waals surface area contributed by atoms with Gasteiger partial charge in [-0.2, -0.15) is 0 Å². The average Bonchev–Trinajstić information content (AvgIpc) is 3.51. The highest BCUT2D eigenvalue weighted by molar-refractivity contribution is 5.10. The van der Waals surface area contributed by atoms with Crippen molar-refractivity contribution >= 4 is 0 Å². The van der Waals surface area contributed by atoms with Crippen LogP contribution < -0.4 is 0 Å². The summed E-state index contributed by atoms with van der Waals surface area (Å²) in [4.78, 5) is 0. The normalized spacial score (nSPS) is 34.4. The van der Waals surface area contributed by atoms with E-state index >= 15 is 0 Å². The van der Waals surface area contributed by atoms with E-state index in [2.05, 4.69) is 13.8 Å². The fraction of sp³-hybridized carbons (Fsp3) is 1.00. The summed E-state index contributed by atoms with van der Waals surface area (Å²) in [6.07, 6.45) is 25.2. The van der Waals surface area contributed by atoms with E-state index in [0.717, 1.165) is 77.4 Å². The molecule has 6 heteroatoms. The molecule has 0 aromatic heterocycles. The van der Waals surface area contributed by atoms with Crippen molar-refractivity contribution in [1.29, 1.82) is 0 Å². The highest BCUT2D eigenvalue weighted by Crippen LogP contribution is 2.52. The fourth-order valence-electron chi connectivity index (χ4n) is 7.94. The maximum Gasteiger partial charge on any atom is 0.169 e. The van der Waals surface area contributed by atoms with Crippen LogP contribution in [0.4, 0.5) is 0 Å². The average molecular weight is 565 g/mol. The standard InChI is InChI=1S/C34H60O6/c1-3-5-7-9-11-19-25-35-27-29-31(39-33(37-29)21-15-13-16-22-33)28(36-26-20-12-10-8-6-4-2)32-30(27)38-34(40-32)23-17-14-18-24-34/h27-32H,3-26H2,1-2H3/t27-,28-,29-,30-,31-,32+/m0/s1. The van der Waals surface area contributed by atoms with Crippen LogP contribution >= 0.6 is 0 Å². The van der Waals surface area contributed by atoms with E-state index in [-0.39, 0.29) is 36.6 Å². The molecule has 2 spiro atoms. The molecule has 232 valence electrons. The van der Waals surface area contributed by atoms with Crippen molar-refractivity contribution in [1.82, 2.24) is 0 Å². The molecule has 3 aliphatic carbocycles. The van der Waals surface area contributed by atoms with Crippen LogP contribution in [0.5, 0.6) is 0 Å². The van der Waals surface area contributed by atoms with Gasteiger partial charge in [-0.05, 0) is 38.5 Å². The van der Waals surface area contributed by atoms with Crippen LogP contribution in [0.3, 0.4) is 0 Å². The second-order valence-corrected chi connectivity index (χ2v) is 13.5. The van der Waals surface area contributed by atoms with Crippen LogP contribution in [0.15, 0.2) is 0 Å². The largest absolute Gasteiger partial charge is 0.373 e. The van der Waals surface area contributed by atoms with Gasteiger partial charge in [0.2, 0.25) is 0 Å². The van der Waals surface area contributed by atoms with Crippen LogP contribution in [0.2, 0.25) is 0 Å². The molecule has 2 aliphatic heterocycles. The van der Waals surface area contributed by atoms with Gasteiger partial charge in [0, 0.05) is 38.9 Å². The SMILES string of the molecule is CCCCCCCCO[C@@H]1[C@H]2OC3(CCCCC3)O[C@H]2[C@@H](OCCCCCCCC)[C@@H]2OC3(CCCCC3)O[C@@H]12. The van der Waals surface area contributed by atoms with Crippen LogP contribution in [0.25, 0.3) is 0 Å². The highest BCUT2D eigenvalue weighted by atomic mass is 16.8. The Labute approximate surface area is 244 Å². The second kappa shape index (κ2) is 15.5. The van der Waals surface area contributed by atoms with E-state index in [1.807, 2.05) is 0 Å². The Balaban J connectivity index is 1.28. The van der Waals surface area contributed by atoms with Crippen LogP contribution in [-0.2, 0) is 28.4 Å². The molecule has 2 saturated heterocycles.